The summed E-state index contributed by atoms with van der Waals surface area (Å²) in [5.74, 6) is 0. The van der Waals surface area contributed by atoms with Crippen LogP contribution in [0.25, 0.3) is 38.6 Å². The van der Waals surface area contributed by atoms with Gasteiger partial charge in [0.15, 0.2) is 0 Å². The van der Waals surface area contributed by atoms with E-state index < -0.39 is 0 Å². The summed E-state index contributed by atoms with van der Waals surface area (Å²) in [6, 6.07) is 31.5. The van der Waals surface area contributed by atoms with Gasteiger partial charge >= 0.3 is 0 Å². The Labute approximate surface area is 186 Å². The number of rotatable bonds is 1. The van der Waals surface area contributed by atoms with E-state index in [2.05, 4.69) is 85.2 Å². The van der Waals surface area contributed by atoms with Crippen LogP contribution in [0.1, 0.15) is 36.1 Å². The molecule has 3 heteroatoms. The lowest BCUT2D eigenvalue weighted by atomic mass is 9.82. The lowest BCUT2D eigenvalue weighted by molar-refractivity contribution is 0.661. The molecule has 0 unspecified atom stereocenters. The van der Waals surface area contributed by atoms with Crippen molar-refractivity contribution in [1.29, 1.82) is 10.5 Å². The number of fused-ring (bicyclic) bond motifs is 6. The molecule has 0 radical (unpaired) electrons. The van der Waals surface area contributed by atoms with Crippen LogP contribution in [0.15, 0.2) is 78.9 Å². The van der Waals surface area contributed by atoms with Crippen molar-refractivity contribution in [1.82, 2.24) is 4.57 Å². The molecule has 0 saturated heterocycles. The van der Waals surface area contributed by atoms with Crippen LogP contribution in [-0.4, -0.2) is 4.57 Å². The van der Waals surface area contributed by atoms with E-state index in [0.29, 0.717) is 11.1 Å². The fraction of sp³-hybridized carbons (Fsp3) is 0.103. The Morgan fingerprint density at radius 1 is 0.656 bits per heavy atom. The Morgan fingerprint density at radius 3 is 2.22 bits per heavy atom. The molecule has 0 N–H and O–H groups in total. The van der Waals surface area contributed by atoms with Crippen LogP contribution in [0.4, 0.5) is 0 Å². The molecule has 0 fully saturated rings. The largest absolute Gasteiger partial charge is 0.309 e. The van der Waals surface area contributed by atoms with Gasteiger partial charge in [0, 0.05) is 21.9 Å². The summed E-state index contributed by atoms with van der Waals surface area (Å²) in [7, 11) is 0. The second-order valence-electron chi connectivity index (χ2n) is 8.89. The van der Waals surface area contributed by atoms with E-state index in [1.165, 1.54) is 33.0 Å². The highest BCUT2D eigenvalue weighted by Crippen LogP contribution is 2.50. The zero-order chi connectivity index (χ0) is 22.0. The van der Waals surface area contributed by atoms with Crippen molar-refractivity contribution in [3.05, 3.63) is 101 Å². The van der Waals surface area contributed by atoms with Gasteiger partial charge < -0.3 is 4.57 Å². The second-order valence-corrected chi connectivity index (χ2v) is 8.89. The van der Waals surface area contributed by atoms with Crippen molar-refractivity contribution in [2.45, 2.75) is 19.3 Å². The van der Waals surface area contributed by atoms with Gasteiger partial charge in [-0.1, -0.05) is 56.3 Å². The van der Waals surface area contributed by atoms with Crippen LogP contribution in [-0.2, 0) is 5.41 Å². The number of nitrogens with zero attached hydrogens (tertiary/aromatic N) is 3. The average Bonchev–Trinajstić information content (AvgIpc) is 3.27. The molecule has 0 amide bonds. The average molecular weight is 409 g/mol. The van der Waals surface area contributed by atoms with Crippen LogP contribution < -0.4 is 0 Å². The van der Waals surface area contributed by atoms with Crippen molar-refractivity contribution in [3.63, 3.8) is 0 Å². The molecule has 0 saturated carbocycles. The molecule has 0 bridgehead atoms. The zero-order valence-electron chi connectivity index (χ0n) is 17.8. The van der Waals surface area contributed by atoms with Gasteiger partial charge in [0.05, 0.1) is 22.2 Å². The predicted molar refractivity (Wildman–Crippen MR) is 128 cm³/mol. The Kier molecular flexibility index (Phi) is 3.65. The first-order valence-electron chi connectivity index (χ1n) is 10.7. The number of nitriles is 2. The van der Waals surface area contributed by atoms with E-state index in [1.54, 1.807) is 6.07 Å². The van der Waals surface area contributed by atoms with Crippen molar-refractivity contribution < 1.29 is 0 Å². The summed E-state index contributed by atoms with van der Waals surface area (Å²) in [4.78, 5) is 0. The standard InChI is InChI=1S/C29H19N3/c1-29(2)25-9-5-3-7-21(25)23-14-24-22-8-4-6-10-27(22)32(28(24)15-26(23)29)20-12-11-18(16-30)19(13-20)17-31/h3-15H,1-2H3. The van der Waals surface area contributed by atoms with Crippen molar-refractivity contribution in [3.8, 4) is 29.0 Å². The van der Waals surface area contributed by atoms with Crippen LogP contribution >= 0.6 is 0 Å². The maximum atomic E-state index is 9.58. The molecule has 3 nitrogen and oxygen atoms in total. The summed E-state index contributed by atoms with van der Waals surface area (Å²) in [5, 5.41) is 21.3. The smallest absolute Gasteiger partial charge is 0.101 e. The monoisotopic (exact) mass is 409 g/mol. The second kappa shape index (κ2) is 6.33. The highest BCUT2D eigenvalue weighted by molar-refractivity contribution is 6.11. The first-order chi connectivity index (χ1) is 15.5. The van der Waals surface area contributed by atoms with Crippen molar-refractivity contribution >= 4 is 21.8 Å². The molecule has 1 aromatic heterocycles. The normalized spacial score (nSPS) is 13.5. The lowest BCUT2D eigenvalue weighted by Crippen LogP contribution is -2.14. The molecule has 4 aromatic carbocycles. The van der Waals surface area contributed by atoms with Gasteiger partial charge in [-0.3, -0.25) is 0 Å². The van der Waals surface area contributed by atoms with Crippen LogP contribution in [0, 0.1) is 22.7 Å². The molecule has 0 spiro atoms. The molecule has 1 aliphatic carbocycles. The van der Waals surface area contributed by atoms with E-state index in [4.69, 9.17) is 0 Å². The summed E-state index contributed by atoms with van der Waals surface area (Å²) >= 11 is 0. The van der Waals surface area contributed by atoms with Crippen molar-refractivity contribution in [2.75, 3.05) is 0 Å². The molecule has 5 aromatic rings. The van der Waals surface area contributed by atoms with Gasteiger partial charge in [0.2, 0.25) is 0 Å². The maximum Gasteiger partial charge on any atom is 0.101 e. The zero-order valence-corrected chi connectivity index (χ0v) is 17.8. The minimum Gasteiger partial charge on any atom is -0.309 e. The summed E-state index contributed by atoms with van der Waals surface area (Å²) < 4.78 is 2.21. The Morgan fingerprint density at radius 2 is 1.41 bits per heavy atom. The molecule has 150 valence electrons. The third kappa shape index (κ3) is 2.28. The minimum absolute atomic E-state index is 0.0934. The molecular weight excluding hydrogens is 390 g/mol. The fourth-order valence-electron chi connectivity index (χ4n) is 5.30. The van der Waals surface area contributed by atoms with Gasteiger partial charge in [0.1, 0.15) is 12.1 Å². The number of benzene rings is 4. The van der Waals surface area contributed by atoms with Gasteiger partial charge in [-0.25, -0.2) is 0 Å². The lowest BCUT2D eigenvalue weighted by Gasteiger charge is -2.21. The highest BCUT2D eigenvalue weighted by Gasteiger charge is 2.36. The SMILES string of the molecule is CC1(C)c2ccccc2-c2cc3c4ccccc4n(-c4ccc(C#N)c(C#N)c4)c3cc21. The first kappa shape index (κ1) is 18.4. The third-order valence-electron chi connectivity index (χ3n) is 6.88. The summed E-state index contributed by atoms with van der Waals surface area (Å²) in [6.45, 7) is 4.57. The molecule has 1 aliphatic rings. The van der Waals surface area contributed by atoms with Gasteiger partial charge in [-0.05, 0) is 58.7 Å². The molecular formula is C29H19N3. The van der Waals surface area contributed by atoms with Gasteiger partial charge in [0.25, 0.3) is 0 Å². The fourth-order valence-corrected chi connectivity index (χ4v) is 5.30. The third-order valence-corrected chi connectivity index (χ3v) is 6.88. The number of hydrogen-bond donors (Lipinski definition) is 0. The first-order valence-corrected chi connectivity index (χ1v) is 10.7. The van der Waals surface area contributed by atoms with E-state index in [1.807, 2.05) is 18.2 Å². The summed E-state index contributed by atoms with van der Waals surface area (Å²) in [5.41, 5.74) is 9.04. The van der Waals surface area contributed by atoms with Crippen LogP contribution in [0.2, 0.25) is 0 Å². The molecule has 0 atom stereocenters. The van der Waals surface area contributed by atoms with Gasteiger partial charge in [-0.2, -0.15) is 10.5 Å². The summed E-state index contributed by atoms with van der Waals surface area (Å²) in [6.07, 6.45) is 0. The molecule has 0 aliphatic heterocycles. The Balaban J connectivity index is 1.74. The van der Waals surface area contributed by atoms with E-state index >= 15 is 0 Å². The molecule has 1 heterocycles. The number of hydrogen-bond acceptors (Lipinski definition) is 2. The van der Waals surface area contributed by atoms with Gasteiger partial charge in [-0.15, -0.1) is 0 Å². The Bertz CT molecular complexity index is 1670. The minimum atomic E-state index is -0.0934. The quantitative estimate of drug-likeness (QED) is 0.304. The number of para-hydroxylation sites is 1. The molecule has 32 heavy (non-hydrogen) atoms. The number of aromatic nitrogens is 1. The van der Waals surface area contributed by atoms with E-state index in [0.717, 1.165) is 16.7 Å². The Hall–Kier alpha value is -4.34. The topological polar surface area (TPSA) is 52.5 Å². The molecule has 6 rings (SSSR count). The maximum absolute atomic E-state index is 9.58. The predicted octanol–water partition coefficient (Wildman–Crippen LogP) is 6.83. The highest BCUT2D eigenvalue weighted by atomic mass is 15.0. The van der Waals surface area contributed by atoms with Crippen LogP contribution in [0.5, 0.6) is 0 Å². The van der Waals surface area contributed by atoms with E-state index in [-0.39, 0.29) is 5.41 Å². The van der Waals surface area contributed by atoms with E-state index in [9.17, 15) is 10.5 Å². The van der Waals surface area contributed by atoms with Crippen molar-refractivity contribution in [2.24, 2.45) is 0 Å². The van der Waals surface area contributed by atoms with Crippen LogP contribution in [0.3, 0.4) is 0 Å².